The van der Waals surface area contributed by atoms with E-state index < -0.39 is 0 Å². The largest absolute Gasteiger partial charge is 0.384 e. The second-order valence-electron chi connectivity index (χ2n) is 5.00. The Kier molecular flexibility index (Phi) is 5.88. The van der Waals surface area contributed by atoms with Gasteiger partial charge in [0, 0.05) is 46.3 Å². The van der Waals surface area contributed by atoms with Crippen LogP contribution in [0.15, 0.2) is 0 Å². The number of likely N-dealkylation sites (N-methyl/N-ethyl adjacent to an activating group) is 1. The van der Waals surface area contributed by atoms with Crippen molar-refractivity contribution >= 4 is 5.91 Å². The molecule has 1 amide bonds. The topological polar surface area (TPSA) is 58.8 Å². The van der Waals surface area contributed by atoms with Crippen molar-refractivity contribution in [3.63, 3.8) is 0 Å². The predicted octanol–water partition coefficient (Wildman–Crippen LogP) is -0.240. The third kappa shape index (κ3) is 4.26. The van der Waals surface area contributed by atoms with Crippen LogP contribution in [0.5, 0.6) is 0 Å². The molecule has 0 aromatic carbocycles. The Morgan fingerprint density at radius 2 is 2.24 bits per heavy atom. The van der Waals surface area contributed by atoms with Crippen molar-refractivity contribution in [3.05, 3.63) is 0 Å². The van der Waals surface area contributed by atoms with Gasteiger partial charge in [0.25, 0.3) is 0 Å². The lowest BCUT2D eigenvalue weighted by molar-refractivity contribution is -0.136. The lowest BCUT2D eigenvalue weighted by Gasteiger charge is -2.40. The van der Waals surface area contributed by atoms with Crippen LogP contribution in [-0.2, 0) is 9.53 Å². The Hall–Kier alpha value is -0.650. The van der Waals surface area contributed by atoms with Crippen molar-refractivity contribution in [3.8, 4) is 0 Å². The molecule has 0 aromatic rings. The third-order valence-electron chi connectivity index (χ3n) is 3.25. The van der Waals surface area contributed by atoms with E-state index >= 15 is 0 Å². The first-order valence-electron chi connectivity index (χ1n) is 6.25. The lowest BCUT2D eigenvalue weighted by atomic mass is 10.1. The molecule has 1 aliphatic heterocycles. The van der Waals surface area contributed by atoms with Crippen molar-refractivity contribution in [2.24, 2.45) is 11.7 Å². The first kappa shape index (κ1) is 14.4. The van der Waals surface area contributed by atoms with Crippen molar-refractivity contribution in [1.82, 2.24) is 9.80 Å². The zero-order valence-electron chi connectivity index (χ0n) is 11.2. The molecule has 0 aliphatic carbocycles. The number of methoxy groups -OCH3 is 1. The van der Waals surface area contributed by atoms with Crippen LogP contribution in [0.4, 0.5) is 0 Å². The fourth-order valence-electron chi connectivity index (χ4n) is 2.30. The molecule has 17 heavy (non-hydrogen) atoms. The molecule has 5 heteroatoms. The van der Waals surface area contributed by atoms with Crippen LogP contribution in [-0.4, -0.2) is 68.7 Å². The molecule has 1 saturated heterocycles. The van der Waals surface area contributed by atoms with Gasteiger partial charge in [-0.15, -0.1) is 0 Å². The van der Waals surface area contributed by atoms with E-state index in [1.54, 1.807) is 7.11 Å². The van der Waals surface area contributed by atoms with E-state index in [9.17, 15) is 4.79 Å². The van der Waals surface area contributed by atoms with Gasteiger partial charge in [-0.05, 0) is 13.0 Å². The highest BCUT2D eigenvalue weighted by Crippen LogP contribution is 2.12. The molecule has 0 aromatic heterocycles. The van der Waals surface area contributed by atoms with Crippen molar-refractivity contribution in [2.45, 2.75) is 19.4 Å². The minimum absolute atomic E-state index is 0.163. The fourth-order valence-corrected chi connectivity index (χ4v) is 2.30. The van der Waals surface area contributed by atoms with E-state index in [1.165, 1.54) is 0 Å². The van der Waals surface area contributed by atoms with Crippen LogP contribution < -0.4 is 5.73 Å². The van der Waals surface area contributed by atoms with E-state index in [0.717, 1.165) is 19.6 Å². The summed E-state index contributed by atoms with van der Waals surface area (Å²) >= 11 is 0. The molecule has 2 atom stereocenters. The summed E-state index contributed by atoms with van der Waals surface area (Å²) in [5, 5.41) is 0. The Bertz CT molecular complexity index is 248. The SMILES string of the molecule is COCC(C)CC(=O)N1CCN(C)CC1CN. The van der Waals surface area contributed by atoms with Gasteiger partial charge in [-0.25, -0.2) is 0 Å². The van der Waals surface area contributed by atoms with Crippen molar-refractivity contribution < 1.29 is 9.53 Å². The number of hydrogen-bond acceptors (Lipinski definition) is 4. The average Bonchev–Trinajstić information content (AvgIpc) is 2.28. The zero-order valence-corrected chi connectivity index (χ0v) is 11.2. The molecule has 1 aliphatic rings. The van der Waals surface area contributed by atoms with Crippen molar-refractivity contribution in [2.75, 3.05) is 46.9 Å². The number of piperazine rings is 1. The minimum Gasteiger partial charge on any atom is -0.384 e. The van der Waals surface area contributed by atoms with E-state index in [-0.39, 0.29) is 17.9 Å². The quantitative estimate of drug-likeness (QED) is 0.724. The molecular formula is C12H25N3O2. The lowest BCUT2D eigenvalue weighted by Crippen LogP contribution is -2.57. The summed E-state index contributed by atoms with van der Waals surface area (Å²) in [6, 6.07) is 0.163. The summed E-state index contributed by atoms with van der Waals surface area (Å²) in [5.74, 6) is 0.476. The summed E-state index contributed by atoms with van der Waals surface area (Å²) in [6.07, 6.45) is 0.550. The van der Waals surface area contributed by atoms with Gasteiger partial charge >= 0.3 is 0 Å². The Balaban J connectivity index is 2.49. The van der Waals surface area contributed by atoms with Crippen LogP contribution in [0.2, 0.25) is 0 Å². The number of nitrogens with two attached hydrogens (primary N) is 1. The maximum absolute atomic E-state index is 12.2. The van der Waals surface area contributed by atoms with Gasteiger partial charge in [0.05, 0.1) is 6.04 Å². The van der Waals surface area contributed by atoms with Crippen LogP contribution >= 0.6 is 0 Å². The maximum Gasteiger partial charge on any atom is 0.223 e. The first-order chi connectivity index (χ1) is 8.08. The molecule has 5 nitrogen and oxygen atoms in total. The van der Waals surface area contributed by atoms with E-state index in [2.05, 4.69) is 11.9 Å². The van der Waals surface area contributed by atoms with Crippen molar-refractivity contribution in [1.29, 1.82) is 0 Å². The van der Waals surface area contributed by atoms with Gasteiger partial charge in [0.15, 0.2) is 0 Å². The summed E-state index contributed by atoms with van der Waals surface area (Å²) < 4.78 is 5.06. The van der Waals surface area contributed by atoms with Gasteiger partial charge < -0.3 is 20.3 Å². The van der Waals surface area contributed by atoms with Gasteiger partial charge in [-0.2, -0.15) is 0 Å². The molecular weight excluding hydrogens is 218 g/mol. The fraction of sp³-hybridized carbons (Fsp3) is 0.917. The van der Waals surface area contributed by atoms with Crippen LogP contribution in [0.3, 0.4) is 0 Å². The highest BCUT2D eigenvalue weighted by Gasteiger charge is 2.28. The first-order valence-corrected chi connectivity index (χ1v) is 6.25. The highest BCUT2D eigenvalue weighted by atomic mass is 16.5. The summed E-state index contributed by atoms with van der Waals surface area (Å²) in [5.41, 5.74) is 5.74. The molecule has 0 saturated carbocycles. The second kappa shape index (κ2) is 6.93. The van der Waals surface area contributed by atoms with Crippen LogP contribution in [0.1, 0.15) is 13.3 Å². The van der Waals surface area contributed by atoms with E-state index in [4.69, 9.17) is 10.5 Å². The number of nitrogens with zero attached hydrogens (tertiary/aromatic N) is 2. The Labute approximate surface area is 104 Å². The smallest absolute Gasteiger partial charge is 0.223 e. The maximum atomic E-state index is 12.2. The zero-order chi connectivity index (χ0) is 12.8. The molecule has 2 N–H and O–H groups in total. The normalized spacial score (nSPS) is 23.8. The number of rotatable bonds is 5. The molecule has 1 fully saturated rings. The van der Waals surface area contributed by atoms with Crippen LogP contribution in [0, 0.1) is 5.92 Å². The second-order valence-corrected chi connectivity index (χ2v) is 5.00. The number of ether oxygens (including phenoxy) is 1. The van der Waals surface area contributed by atoms with Gasteiger partial charge in [0.1, 0.15) is 0 Å². The monoisotopic (exact) mass is 243 g/mol. The summed E-state index contributed by atoms with van der Waals surface area (Å²) in [4.78, 5) is 16.3. The van der Waals surface area contributed by atoms with Gasteiger partial charge in [-0.3, -0.25) is 4.79 Å². The molecule has 100 valence electrons. The van der Waals surface area contributed by atoms with Gasteiger partial charge in [-0.1, -0.05) is 6.92 Å². The van der Waals surface area contributed by atoms with E-state index in [0.29, 0.717) is 19.6 Å². The highest BCUT2D eigenvalue weighted by molar-refractivity contribution is 5.77. The molecule has 0 bridgehead atoms. The number of carbonyl (C=O) groups is 1. The molecule has 0 radical (unpaired) electrons. The van der Waals surface area contributed by atoms with E-state index in [1.807, 2.05) is 11.8 Å². The van der Waals surface area contributed by atoms with Crippen LogP contribution in [0.25, 0.3) is 0 Å². The van der Waals surface area contributed by atoms with Gasteiger partial charge in [0.2, 0.25) is 5.91 Å². The molecule has 1 heterocycles. The Morgan fingerprint density at radius 1 is 1.53 bits per heavy atom. The average molecular weight is 243 g/mol. The standard InChI is InChI=1S/C12H25N3O2/c1-10(9-17-3)6-12(16)15-5-4-14(2)8-11(15)7-13/h10-11H,4-9,13H2,1-3H3. The molecule has 2 unspecified atom stereocenters. The third-order valence-corrected chi connectivity index (χ3v) is 3.25. The predicted molar refractivity (Wildman–Crippen MR) is 67.7 cm³/mol. The minimum atomic E-state index is 0.163. The summed E-state index contributed by atoms with van der Waals surface area (Å²) in [6.45, 7) is 5.80. The number of carbonyl (C=O) groups excluding carboxylic acids is 1. The Morgan fingerprint density at radius 3 is 2.82 bits per heavy atom. The molecule has 1 rings (SSSR count). The number of hydrogen-bond donors (Lipinski definition) is 1. The number of amides is 1. The molecule has 0 spiro atoms. The summed E-state index contributed by atoms with van der Waals surface area (Å²) in [7, 11) is 3.73.